The molecule has 9 nitrogen and oxygen atoms in total. The number of aromatic nitrogens is 3. The summed E-state index contributed by atoms with van der Waals surface area (Å²) >= 11 is 0. The smallest absolute Gasteiger partial charge is 0.244 e. The fourth-order valence-corrected chi connectivity index (χ4v) is 4.93. The zero-order valence-corrected chi connectivity index (χ0v) is 16.5. The van der Waals surface area contributed by atoms with Crippen molar-refractivity contribution in [2.24, 2.45) is 5.92 Å². The number of hydrogen-bond acceptors (Lipinski definition) is 7. The van der Waals surface area contributed by atoms with Crippen LogP contribution in [0.4, 0.5) is 5.69 Å². The Balaban J connectivity index is 1.74. The average Bonchev–Trinajstić information content (AvgIpc) is 3.29. The first kappa shape index (κ1) is 18.9. The third-order valence-electron chi connectivity index (χ3n) is 5.18. The van der Waals surface area contributed by atoms with Crippen molar-refractivity contribution in [2.75, 3.05) is 25.4 Å². The summed E-state index contributed by atoms with van der Waals surface area (Å²) < 4.78 is 35.9. The molecule has 3 aromatic heterocycles. The maximum atomic E-state index is 13.1. The molecule has 0 aromatic carbocycles. The molecule has 1 aliphatic rings. The summed E-state index contributed by atoms with van der Waals surface area (Å²) in [6.07, 6.45) is 7.81. The summed E-state index contributed by atoms with van der Waals surface area (Å²) in [5.74, 6) is 0.895. The number of nitrogen functional groups attached to an aromatic ring is 1. The van der Waals surface area contributed by atoms with Crippen molar-refractivity contribution < 1.29 is 12.8 Å². The summed E-state index contributed by atoms with van der Waals surface area (Å²) in [6.45, 7) is 4.71. The molecule has 1 saturated heterocycles. The molecular weight excluding hydrogens is 380 g/mol. The minimum atomic E-state index is -3.73. The van der Waals surface area contributed by atoms with E-state index in [1.807, 2.05) is 11.5 Å². The minimum absolute atomic E-state index is 0.126. The molecule has 0 spiro atoms. The largest absolute Gasteiger partial charge is 0.470 e. The predicted octanol–water partition coefficient (Wildman–Crippen LogP) is 1.57. The Hall–Kier alpha value is -2.43. The second-order valence-corrected chi connectivity index (χ2v) is 8.71. The number of furan rings is 1. The highest BCUT2D eigenvalue weighted by Crippen LogP contribution is 2.32. The lowest BCUT2D eigenvalue weighted by molar-refractivity contribution is 0.372. The summed E-state index contributed by atoms with van der Waals surface area (Å²) in [4.78, 5) is 8.80. The normalized spacial score (nSPS) is 16.0. The van der Waals surface area contributed by atoms with E-state index >= 15 is 0 Å². The molecule has 10 heteroatoms. The van der Waals surface area contributed by atoms with E-state index in [1.165, 1.54) is 18.7 Å². The van der Waals surface area contributed by atoms with Gasteiger partial charge >= 0.3 is 0 Å². The van der Waals surface area contributed by atoms with Crippen LogP contribution in [-0.4, -0.2) is 42.6 Å². The topological polar surface area (TPSA) is 128 Å². The average molecular weight is 404 g/mol. The maximum Gasteiger partial charge on any atom is 0.244 e. The molecule has 0 atom stereocenters. The summed E-state index contributed by atoms with van der Waals surface area (Å²) in [6, 6.07) is 0. The highest BCUT2D eigenvalue weighted by molar-refractivity contribution is 7.89. The van der Waals surface area contributed by atoms with E-state index in [2.05, 4.69) is 20.0 Å². The molecule has 0 bridgehead atoms. The van der Waals surface area contributed by atoms with Crippen LogP contribution in [0.15, 0.2) is 34.2 Å². The Morgan fingerprint density at radius 3 is 2.79 bits per heavy atom. The highest BCUT2D eigenvalue weighted by atomic mass is 32.2. The van der Waals surface area contributed by atoms with Gasteiger partial charge in [-0.05, 0) is 38.8 Å². The number of nitrogens with two attached hydrogens (primary N) is 1. The molecule has 1 fully saturated rings. The van der Waals surface area contributed by atoms with Crippen molar-refractivity contribution in [1.82, 2.24) is 24.6 Å². The number of rotatable bonds is 6. The number of hydrogen-bond donors (Lipinski definition) is 3. The number of imidazole rings is 1. The van der Waals surface area contributed by atoms with E-state index in [0.29, 0.717) is 47.1 Å². The third kappa shape index (κ3) is 3.38. The van der Waals surface area contributed by atoms with Gasteiger partial charge in [-0.1, -0.05) is 0 Å². The van der Waals surface area contributed by atoms with Crippen LogP contribution in [0.2, 0.25) is 0 Å². The molecule has 4 N–H and O–H groups in total. The van der Waals surface area contributed by atoms with Gasteiger partial charge in [0.1, 0.15) is 28.8 Å². The Morgan fingerprint density at radius 2 is 2.11 bits per heavy atom. The van der Waals surface area contributed by atoms with Gasteiger partial charge in [-0.2, -0.15) is 0 Å². The second kappa shape index (κ2) is 7.53. The fourth-order valence-electron chi connectivity index (χ4n) is 3.65. The van der Waals surface area contributed by atoms with Crippen molar-refractivity contribution in [3.05, 3.63) is 24.9 Å². The molecule has 0 unspecified atom stereocenters. The number of piperidine rings is 1. The van der Waals surface area contributed by atoms with Crippen molar-refractivity contribution >= 4 is 26.7 Å². The molecule has 150 valence electrons. The number of pyridine rings is 1. The number of nitrogens with one attached hydrogen (secondary N) is 2. The van der Waals surface area contributed by atoms with E-state index in [0.717, 1.165) is 25.9 Å². The van der Waals surface area contributed by atoms with E-state index < -0.39 is 10.0 Å². The van der Waals surface area contributed by atoms with Crippen LogP contribution in [0.5, 0.6) is 0 Å². The Kier molecular flexibility index (Phi) is 5.09. The summed E-state index contributed by atoms with van der Waals surface area (Å²) in [5.41, 5.74) is 8.07. The molecule has 3 aromatic rings. The van der Waals surface area contributed by atoms with Gasteiger partial charge in [0, 0.05) is 19.3 Å². The lowest BCUT2D eigenvalue weighted by Crippen LogP contribution is -2.36. The van der Waals surface area contributed by atoms with E-state index in [-0.39, 0.29) is 4.90 Å². The van der Waals surface area contributed by atoms with Crippen LogP contribution in [-0.2, 0) is 16.6 Å². The monoisotopic (exact) mass is 404 g/mol. The molecule has 4 heterocycles. The molecule has 0 amide bonds. The van der Waals surface area contributed by atoms with Crippen LogP contribution in [0.1, 0.15) is 19.8 Å². The van der Waals surface area contributed by atoms with Crippen molar-refractivity contribution in [1.29, 1.82) is 0 Å². The summed E-state index contributed by atoms with van der Waals surface area (Å²) in [5, 5.41) is 3.29. The van der Waals surface area contributed by atoms with Crippen LogP contribution in [0, 0.1) is 5.92 Å². The maximum absolute atomic E-state index is 13.1. The van der Waals surface area contributed by atoms with Crippen molar-refractivity contribution in [3.8, 4) is 11.4 Å². The van der Waals surface area contributed by atoms with Crippen LogP contribution < -0.4 is 15.8 Å². The van der Waals surface area contributed by atoms with E-state index in [1.54, 1.807) is 6.20 Å². The molecule has 0 saturated carbocycles. The highest BCUT2D eigenvalue weighted by Gasteiger charge is 2.25. The fraction of sp³-hybridized carbons (Fsp3) is 0.444. The van der Waals surface area contributed by atoms with Gasteiger partial charge < -0.3 is 20.0 Å². The van der Waals surface area contributed by atoms with Gasteiger partial charge in [0.05, 0.1) is 23.0 Å². The number of nitrogens with zero attached hydrogens (tertiary/aromatic N) is 3. The van der Waals surface area contributed by atoms with Gasteiger partial charge in [0.15, 0.2) is 0 Å². The standard InChI is InChI=1S/C18H24N6O3S/c1-2-24-17-15(23-18(24)13-10-27-11-14(13)19)8-21-9-16(17)28(25,26)22-7-12-3-5-20-6-4-12/h8-12,20,22H,2-7,19H2,1H3. The van der Waals surface area contributed by atoms with Gasteiger partial charge in [-0.15, -0.1) is 0 Å². The van der Waals surface area contributed by atoms with Crippen LogP contribution in [0.3, 0.4) is 0 Å². The predicted molar refractivity (Wildman–Crippen MR) is 106 cm³/mol. The zero-order chi connectivity index (χ0) is 19.7. The third-order valence-corrected chi connectivity index (χ3v) is 6.60. The van der Waals surface area contributed by atoms with Crippen LogP contribution in [0.25, 0.3) is 22.4 Å². The molecule has 1 aliphatic heterocycles. The molecule has 0 aliphatic carbocycles. The zero-order valence-electron chi connectivity index (χ0n) is 15.7. The van der Waals surface area contributed by atoms with Gasteiger partial charge in [0.2, 0.25) is 10.0 Å². The second-order valence-electron chi connectivity index (χ2n) is 6.97. The van der Waals surface area contributed by atoms with E-state index in [4.69, 9.17) is 10.2 Å². The van der Waals surface area contributed by atoms with Crippen molar-refractivity contribution in [2.45, 2.75) is 31.2 Å². The SMILES string of the molecule is CCn1c(-c2cocc2N)nc2cncc(S(=O)(=O)NCC3CCNCC3)c21. The van der Waals surface area contributed by atoms with E-state index in [9.17, 15) is 8.42 Å². The quantitative estimate of drug-likeness (QED) is 0.569. The van der Waals surface area contributed by atoms with Crippen LogP contribution >= 0.6 is 0 Å². The molecular formula is C18H24N6O3S. The Bertz CT molecular complexity index is 1080. The first-order valence-corrected chi connectivity index (χ1v) is 10.9. The van der Waals surface area contributed by atoms with Crippen molar-refractivity contribution in [3.63, 3.8) is 0 Å². The first-order chi connectivity index (χ1) is 13.5. The number of aryl methyl sites for hydroxylation is 1. The van der Waals surface area contributed by atoms with Gasteiger partial charge in [0.25, 0.3) is 0 Å². The molecule has 28 heavy (non-hydrogen) atoms. The lowest BCUT2D eigenvalue weighted by Gasteiger charge is -2.22. The lowest BCUT2D eigenvalue weighted by atomic mass is 9.99. The molecule has 4 rings (SSSR count). The summed E-state index contributed by atoms with van der Waals surface area (Å²) in [7, 11) is -3.73. The number of fused-ring (bicyclic) bond motifs is 1. The number of anilines is 1. The first-order valence-electron chi connectivity index (χ1n) is 9.38. The number of sulfonamides is 1. The minimum Gasteiger partial charge on any atom is -0.470 e. The van der Waals surface area contributed by atoms with Gasteiger partial charge in [-0.25, -0.2) is 18.1 Å². The molecule has 0 radical (unpaired) electrons. The Labute approximate surface area is 163 Å². The Morgan fingerprint density at radius 1 is 1.32 bits per heavy atom. The van der Waals surface area contributed by atoms with Gasteiger partial charge in [-0.3, -0.25) is 4.98 Å².